The van der Waals surface area contributed by atoms with Gasteiger partial charge >= 0.3 is 0 Å². The van der Waals surface area contributed by atoms with Gasteiger partial charge in [0, 0.05) is 17.8 Å². The highest BCUT2D eigenvalue weighted by Crippen LogP contribution is 2.38. The van der Waals surface area contributed by atoms with Crippen molar-refractivity contribution in [1.29, 1.82) is 0 Å². The first-order chi connectivity index (χ1) is 15.5. The summed E-state index contributed by atoms with van der Waals surface area (Å²) in [6.45, 7) is 4.97. The Bertz CT molecular complexity index is 1120. The number of methoxy groups -OCH3 is 2. The van der Waals surface area contributed by atoms with E-state index in [0.717, 1.165) is 46.9 Å². The van der Waals surface area contributed by atoms with Crippen molar-refractivity contribution in [2.24, 2.45) is 0 Å². The minimum Gasteiger partial charge on any atom is -0.497 e. The van der Waals surface area contributed by atoms with Crippen molar-refractivity contribution < 1.29 is 14.0 Å². The van der Waals surface area contributed by atoms with Crippen LogP contribution in [0.1, 0.15) is 37.8 Å². The fourth-order valence-corrected chi connectivity index (χ4v) is 4.13. The summed E-state index contributed by atoms with van der Waals surface area (Å²) in [5, 5.41) is 8.38. The average molecular weight is 451 g/mol. The molecule has 1 unspecified atom stereocenters. The molecule has 8 heteroatoms. The molecule has 0 radical (unpaired) electrons. The van der Waals surface area contributed by atoms with Crippen molar-refractivity contribution in [3.05, 3.63) is 65.7 Å². The molecule has 0 saturated carbocycles. The van der Waals surface area contributed by atoms with E-state index in [1.54, 1.807) is 14.2 Å². The maximum absolute atomic E-state index is 5.76. The van der Waals surface area contributed by atoms with Crippen LogP contribution in [0.15, 0.2) is 58.8 Å². The summed E-state index contributed by atoms with van der Waals surface area (Å²) in [6, 6.07) is 15.3. The predicted molar refractivity (Wildman–Crippen MR) is 127 cm³/mol. The molecule has 0 saturated heterocycles. The van der Waals surface area contributed by atoms with E-state index in [9.17, 15) is 0 Å². The Hall–Kier alpha value is -3.39. The SMILES string of the molecule is CCCN1C(=S)NC(c2ccc(OC)cc2)C(c2nc(-c3ccc(OC)cc3)no2)=C1C. The van der Waals surface area contributed by atoms with E-state index in [1.165, 1.54) is 0 Å². The lowest BCUT2D eigenvalue weighted by Crippen LogP contribution is -2.46. The maximum atomic E-state index is 5.76. The van der Waals surface area contributed by atoms with Gasteiger partial charge in [-0.3, -0.25) is 0 Å². The molecule has 7 nitrogen and oxygen atoms in total. The summed E-state index contributed by atoms with van der Waals surface area (Å²) in [5.74, 6) is 2.55. The van der Waals surface area contributed by atoms with Crippen molar-refractivity contribution in [2.45, 2.75) is 26.3 Å². The van der Waals surface area contributed by atoms with Crippen LogP contribution < -0.4 is 14.8 Å². The van der Waals surface area contributed by atoms with Crippen LogP contribution in [-0.4, -0.2) is 40.9 Å². The third kappa shape index (κ3) is 4.18. The molecule has 2 heterocycles. The number of hydrogen-bond donors (Lipinski definition) is 1. The van der Waals surface area contributed by atoms with E-state index in [0.29, 0.717) is 16.8 Å². The lowest BCUT2D eigenvalue weighted by Gasteiger charge is -2.37. The molecule has 166 valence electrons. The van der Waals surface area contributed by atoms with Gasteiger partial charge < -0.3 is 24.2 Å². The Kier molecular flexibility index (Phi) is 6.41. The van der Waals surface area contributed by atoms with Crippen LogP contribution in [-0.2, 0) is 0 Å². The van der Waals surface area contributed by atoms with E-state index in [-0.39, 0.29) is 6.04 Å². The molecular formula is C24H26N4O3S. The Morgan fingerprint density at radius 1 is 1.03 bits per heavy atom. The highest BCUT2D eigenvalue weighted by atomic mass is 32.1. The quantitative estimate of drug-likeness (QED) is 0.514. The average Bonchev–Trinajstić information content (AvgIpc) is 3.31. The lowest BCUT2D eigenvalue weighted by atomic mass is 9.94. The van der Waals surface area contributed by atoms with Crippen LogP contribution in [0, 0.1) is 0 Å². The molecule has 2 aromatic carbocycles. The number of benzene rings is 2. The Labute approximate surface area is 193 Å². The van der Waals surface area contributed by atoms with Gasteiger partial charge in [0.1, 0.15) is 11.5 Å². The number of ether oxygens (including phenoxy) is 2. The predicted octanol–water partition coefficient (Wildman–Crippen LogP) is 4.83. The monoisotopic (exact) mass is 450 g/mol. The summed E-state index contributed by atoms with van der Waals surface area (Å²) < 4.78 is 16.3. The molecule has 1 N–H and O–H groups in total. The first-order valence-corrected chi connectivity index (χ1v) is 10.9. The minimum absolute atomic E-state index is 0.217. The third-order valence-electron chi connectivity index (χ3n) is 5.50. The van der Waals surface area contributed by atoms with Gasteiger partial charge in [0.15, 0.2) is 5.11 Å². The molecule has 4 rings (SSSR count). The van der Waals surface area contributed by atoms with Crippen molar-refractivity contribution in [3.8, 4) is 22.9 Å². The number of aromatic nitrogens is 2. The Morgan fingerprint density at radius 3 is 2.25 bits per heavy atom. The van der Waals surface area contributed by atoms with Crippen LogP contribution >= 0.6 is 12.2 Å². The second-order valence-electron chi connectivity index (χ2n) is 7.46. The van der Waals surface area contributed by atoms with Crippen molar-refractivity contribution >= 4 is 22.9 Å². The van der Waals surface area contributed by atoms with Gasteiger partial charge in [-0.25, -0.2) is 0 Å². The van der Waals surface area contributed by atoms with Crippen LogP contribution in [0.4, 0.5) is 0 Å². The molecule has 0 spiro atoms. The number of nitrogens with zero attached hydrogens (tertiary/aromatic N) is 3. The second kappa shape index (κ2) is 9.40. The molecular weight excluding hydrogens is 424 g/mol. The third-order valence-corrected chi connectivity index (χ3v) is 5.84. The summed E-state index contributed by atoms with van der Waals surface area (Å²) >= 11 is 5.68. The lowest BCUT2D eigenvalue weighted by molar-refractivity contribution is 0.396. The zero-order valence-electron chi connectivity index (χ0n) is 18.6. The minimum atomic E-state index is -0.217. The van der Waals surface area contributed by atoms with Gasteiger partial charge in [0.2, 0.25) is 5.82 Å². The van der Waals surface area contributed by atoms with Crippen molar-refractivity contribution in [2.75, 3.05) is 20.8 Å². The summed E-state index contributed by atoms with van der Waals surface area (Å²) in [5.41, 5.74) is 3.79. The Morgan fingerprint density at radius 2 is 1.66 bits per heavy atom. The molecule has 1 aromatic heterocycles. The van der Waals surface area contributed by atoms with Gasteiger partial charge in [-0.1, -0.05) is 24.2 Å². The van der Waals surface area contributed by atoms with E-state index < -0.39 is 0 Å². The number of allylic oxidation sites excluding steroid dienone is 1. The fourth-order valence-electron chi connectivity index (χ4n) is 3.79. The molecule has 0 bridgehead atoms. The van der Waals surface area contributed by atoms with Gasteiger partial charge in [-0.15, -0.1) is 0 Å². The van der Waals surface area contributed by atoms with Gasteiger partial charge in [-0.05, 0) is 67.5 Å². The van der Waals surface area contributed by atoms with Crippen molar-refractivity contribution in [1.82, 2.24) is 20.4 Å². The standard InChI is InChI=1S/C24H26N4O3S/c1-5-14-28-15(2)20(21(25-24(28)32)16-6-10-18(29-3)11-7-16)23-26-22(27-31-23)17-8-12-19(30-4)13-9-17/h6-13,21H,5,14H2,1-4H3,(H,25,32). The highest BCUT2D eigenvalue weighted by molar-refractivity contribution is 7.80. The number of nitrogens with one attached hydrogen (secondary N) is 1. The van der Waals surface area contributed by atoms with Gasteiger partial charge in [0.05, 0.1) is 25.8 Å². The molecule has 1 atom stereocenters. The molecule has 0 aliphatic carbocycles. The summed E-state index contributed by atoms with van der Waals surface area (Å²) in [4.78, 5) is 6.81. The number of thiocarbonyl (C=S) groups is 1. The molecule has 32 heavy (non-hydrogen) atoms. The van der Waals surface area contributed by atoms with E-state index in [4.69, 9.17) is 31.2 Å². The van der Waals surface area contributed by atoms with Gasteiger partial charge in [-0.2, -0.15) is 4.98 Å². The number of rotatable bonds is 7. The zero-order chi connectivity index (χ0) is 22.7. The normalized spacial score (nSPS) is 16.2. The first-order valence-electron chi connectivity index (χ1n) is 10.5. The molecule has 1 aliphatic heterocycles. The molecule has 3 aromatic rings. The van der Waals surface area contributed by atoms with Crippen LogP contribution in [0.25, 0.3) is 17.0 Å². The van der Waals surface area contributed by atoms with Crippen LogP contribution in [0.3, 0.4) is 0 Å². The zero-order valence-corrected chi connectivity index (χ0v) is 19.4. The molecule has 0 amide bonds. The highest BCUT2D eigenvalue weighted by Gasteiger charge is 2.33. The van der Waals surface area contributed by atoms with Crippen LogP contribution in [0.2, 0.25) is 0 Å². The molecule has 0 fully saturated rings. The summed E-state index contributed by atoms with van der Waals surface area (Å²) in [6.07, 6.45) is 0.959. The topological polar surface area (TPSA) is 72.7 Å². The van der Waals surface area contributed by atoms with Crippen molar-refractivity contribution in [3.63, 3.8) is 0 Å². The van der Waals surface area contributed by atoms with E-state index in [2.05, 4.69) is 22.3 Å². The first kappa shape index (κ1) is 21.8. The van der Waals surface area contributed by atoms with Crippen LogP contribution in [0.5, 0.6) is 11.5 Å². The smallest absolute Gasteiger partial charge is 0.258 e. The summed E-state index contributed by atoms with van der Waals surface area (Å²) in [7, 11) is 3.29. The number of hydrogen-bond acceptors (Lipinski definition) is 6. The largest absolute Gasteiger partial charge is 0.497 e. The fraction of sp³-hybridized carbons (Fsp3) is 0.292. The van der Waals surface area contributed by atoms with Gasteiger partial charge in [0.25, 0.3) is 5.89 Å². The maximum Gasteiger partial charge on any atom is 0.258 e. The van der Waals surface area contributed by atoms with E-state index >= 15 is 0 Å². The molecule has 1 aliphatic rings. The second-order valence-corrected chi connectivity index (χ2v) is 7.84. The Balaban J connectivity index is 1.77. The van der Waals surface area contributed by atoms with E-state index in [1.807, 2.05) is 55.5 Å².